The van der Waals surface area contributed by atoms with Crippen molar-refractivity contribution in [3.63, 3.8) is 0 Å². The second kappa shape index (κ2) is 9.95. The molecule has 7 nitrogen and oxygen atoms in total. The number of carbonyl (C=O) groups excluding carboxylic acids is 2. The van der Waals surface area contributed by atoms with Gasteiger partial charge in [-0.1, -0.05) is 6.07 Å². The van der Waals surface area contributed by atoms with Crippen LogP contribution < -0.4 is 10.6 Å². The van der Waals surface area contributed by atoms with Crippen LogP contribution in [0.25, 0.3) is 22.4 Å². The lowest BCUT2D eigenvalue weighted by Gasteiger charge is -2.12. The van der Waals surface area contributed by atoms with E-state index in [9.17, 15) is 22.8 Å². The van der Waals surface area contributed by atoms with Crippen molar-refractivity contribution in [2.45, 2.75) is 13.1 Å². The molecule has 0 aliphatic carbocycles. The highest BCUT2D eigenvalue weighted by Crippen LogP contribution is 2.30. The molecule has 0 saturated carbocycles. The highest BCUT2D eigenvalue weighted by molar-refractivity contribution is 6.04. The first kappa shape index (κ1) is 24.5. The van der Waals surface area contributed by atoms with Crippen LogP contribution in [0.4, 0.5) is 18.9 Å². The molecule has 3 heterocycles. The van der Waals surface area contributed by atoms with Gasteiger partial charge in [0.15, 0.2) is 0 Å². The number of nitrogens with zero attached hydrogens (tertiary/aromatic N) is 3. The molecule has 2 N–H and O–H groups in total. The molecule has 0 saturated heterocycles. The molecular weight excluding hydrogens is 471 g/mol. The lowest BCUT2D eigenvalue weighted by Crippen LogP contribution is -2.19. The Kier molecular flexibility index (Phi) is 6.77. The molecule has 0 fully saturated rings. The molecule has 0 radical (unpaired) electrons. The van der Waals surface area contributed by atoms with Crippen LogP contribution in [0.15, 0.2) is 73.2 Å². The molecule has 4 rings (SSSR count). The normalized spacial score (nSPS) is 11.1. The monoisotopic (exact) mass is 491 g/mol. The van der Waals surface area contributed by atoms with Crippen LogP contribution in [0.1, 0.15) is 32.1 Å². The smallest absolute Gasteiger partial charge is 0.354 e. The number of pyridine rings is 3. The predicted octanol–water partition coefficient (Wildman–Crippen LogP) is 5.14. The number of carbonyl (C=O) groups is 2. The van der Waals surface area contributed by atoms with Crippen molar-refractivity contribution < 1.29 is 22.8 Å². The van der Waals surface area contributed by atoms with Crippen molar-refractivity contribution in [2.24, 2.45) is 0 Å². The molecule has 0 bridgehead atoms. The maximum Gasteiger partial charge on any atom is 0.433 e. The SMILES string of the molecule is CNC(=O)c1cc(-c2cc(-c3cc(NC(=O)c4ccnc(C(F)(F)F)c4)ccc3C)ccn2)ccn1. The van der Waals surface area contributed by atoms with Gasteiger partial charge in [0.2, 0.25) is 0 Å². The van der Waals surface area contributed by atoms with Gasteiger partial charge in [0, 0.05) is 42.5 Å². The Balaban J connectivity index is 1.63. The summed E-state index contributed by atoms with van der Waals surface area (Å²) in [6, 6.07) is 14.2. The molecule has 2 amide bonds. The summed E-state index contributed by atoms with van der Waals surface area (Å²) in [5, 5.41) is 5.18. The first-order chi connectivity index (χ1) is 17.2. The molecule has 0 aliphatic heterocycles. The Morgan fingerprint density at radius 1 is 0.806 bits per heavy atom. The van der Waals surface area contributed by atoms with Crippen LogP contribution in [-0.4, -0.2) is 33.8 Å². The lowest BCUT2D eigenvalue weighted by atomic mass is 9.98. The van der Waals surface area contributed by atoms with E-state index < -0.39 is 17.8 Å². The highest BCUT2D eigenvalue weighted by atomic mass is 19.4. The average Bonchev–Trinajstić information content (AvgIpc) is 2.89. The summed E-state index contributed by atoms with van der Waals surface area (Å²) in [5.41, 5.74) is 3.20. The van der Waals surface area contributed by atoms with Crippen LogP contribution in [0.3, 0.4) is 0 Å². The maximum atomic E-state index is 13.0. The summed E-state index contributed by atoms with van der Waals surface area (Å²) in [6.07, 6.45) is -0.544. The summed E-state index contributed by atoms with van der Waals surface area (Å²) in [5.74, 6) is -1.00. The summed E-state index contributed by atoms with van der Waals surface area (Å²) in [6.45, 7) is 1.90. The number of amides is 2. The van der Waals surface area contributed by atoms with Gasteiger partial charge in [0.1, 0.15) is 11.4 Å². The second-order valence-electron chi connectivity index (χ2n) is 7.85. The average molecular weight is 491 g/mol. The molecule has 36 heavy (non-hydrogen) atoms. The van der Waals surface area contributed by atoms with Crippen molar-refractivity contribution in [3.05, 3.63) is 95.7 Å². The van der Waals surface area contributed by atoms with Crippen molar-refractivity contribution in [2.75, 3.05) is 12.4 Å². The van der Waals surface area contributed by atoms with Crippen LogP contribution in [0.5, 0.6) is 0 Å². The minimum Gasteiger partial charge on any atom is -0.354 e. The fraction of sp³-hybridized carbons (Fsp3) is 0.115. The third-order valence-electron chi connectivity index (χ3n) is 5.39. The third-order valence-corrected chi connectivity index (χ3v) is 5.39. The Bertz CT molecular complexity index is 1450. The lowest BCUT2D eigenvalue weighted by molar-refractivity contribution is -0.141. The zero-order valence-electron chi connectivity index (χ0n) is 19.2. The molecule has 10 heteroatoms. The van der Waals surface area contributed by atoms with Crippen molar-refractivity contribution >= 4 is 17.5 Å². The number of alkyl halides is 3. The molecule has 1 aromatic carbocycles. The summed E-state index contributed by atoms with van der Waals surface area (Å²) in [4.78, 5) is 36.3. The Morgan fingerprint density at radius 3 is 2.28 bits per heavy atom. The number of aromatic nitrogens is 3. The standard InChI is InChI=1S/C26H20F3N5O2/c1-15-3-4-19(34-24(35)18-7-10-33-23(13-18)26(27,28)29)14-20(15)16-5-8-31-21(11-16)17-6-9-32-22(12-17)25(36)30-2/h3-14H,1-2H3,(H,30,36)(H,34,35). The number of anilines is 1. The zero-order valence-corrected chi connectivity index (χ0v) is 19.2. The summed E-state index contributed by atoms with van der Waals surface area (Å²) in [7, 11) is 1.52. The van der Waals surface area contributed by atoms with Gasteiger partial charge in [-0.15, -0.1) is 0 Å². The fourth-order valence-corrected chi connectivity index (χ4v) is 3.54. The van der Waals surface area contributed by atoms with E-state index in [1.807, 2.05) is 13.0 Å². The number of hydrogen-bond acceptors (Lipinski definition) is 5. The van der Waals surface area contributed by atoms with E-state index in [0.717, 1.165) is 22.9 Å². The molecule has 0 unspecified atom stereocenters. The van der Waals surface area contributed by atoms with Crippen molar-refractivity contribution in [1.82, 2.24) is 20.3 Å². The van der Waals surface area contributed by atoms with E-state index in [0.29, 0.717) is 23.0 Å². The van der Waals surface area contributed by atoms with Crippen LogP contribution in [0, 0.1) is 6.92 Å². The molecule has 0 atom stereocenters. The minimum absolute atomic E-state index is 0.157. The fourth-order valence-electron chi connectivity index (χ4n) is 3.54. The topological polar surface area (TPSA) is 96.9 Å². The minimum atomic E-state index is -4.65. The van der Waals surface area contributed by atoms with Gasteiger partial charge in [-0.3, -0.25) is 24.5 Å². The van der Waals surface area contributed by atoms with E-state index >= 15 is 0 Å². The summed E-state index contributed by atoms with van der Waals surface area (Å²) < 4.78 is 38.9. The van der Waals surface area contributed by atoms with E-state index in [1.54, 1.807) is 42.6 Å². The van der Waals surface area contributed by atoms with Crippen LogP contribution in [-0.2, 0) is 6.18 Å². The molecule has 3 aromatic heterocycles. The van der Waals surface area contributed by atoms with Gasteiger partial charge < -0.3 is 10.6 Å². The number of nitrogens with one attached hydrogen (secondary N) is 2. The van der Waals surface area contributed by atoms with Gasteiger partial charge in [-0.25, -0.2) is 0 Å². The summed E-state index contributed by atoms with van der Waals surface area (Å²) >= 11 is 0. The van der Waals surface area contributed by atoms with Gasteiger partial charge in [0.25, 0.3) is 11.8 Å². The van der Waals surface area contributed by atoms with E-state index in [2.05, 4.69) is 25.6 Å². The maximum absolute atomic E-state index is 13.0. The van der Waals surface area contributed by atoms with E-state index in [-0.39, 0.29) is 17.2 Å². The Hall–Kier alpha value is -4.60. The van der Waals surface area contributed by atoms with E-state index in [4.69, 9.17) is 0 Å². The van der Waals surface area contributed by atoms with E-state index in [1.165, 1.54) is 19.3 Å². The van der Waals surface area contributed by atoms with Crippen molar-refractivity contribution in [3.8, 4) is 22.4 Å². The largest absolute Gasteiger partial charge is 0.433 e. The molecule has 182 valence electrons. The van der Waals surface area contributed by atoms with Crippen LogP contribution >= 0.6 is 0 Å². The third kappa shape index (κ3) is 5.38. The number of benzene rings is 1. The first-order valence-corrected chi connectivity index (χ1v) is 10.8. The molecule has 0 spiro atoms. The predicted molar refractivity (Wildman–Crippen MR) is 128 cm³/mol. The number of rotatable bonds is 5. The molecular formula is C26H20F3N5O2. The number of hydrogen-bond donors (Lipinski definition) is 2. The van der Waals surface area contributed by atoms with Crippen LogP contribution in [0.2, 0.25) is 0 Å². The van der Waals surface area contributed by atoms with Crippen molar-refractivity contribution in [1.29, 1.82) is 0 Å². The number of halogens is 3. The Morgan fingerprint density at radius 2 is 1.53 bits per heavy atom. The van der Waals surface area contributed by atoms with Gasteiger partial charge in [-0.2, -0.15) is 13.2 Å². The quantitative estimate of drug-likeness (QED) is 0.403. The zero-order chi connectivity index (χ0) is 25.9. The molecule has 0 aliphatic rings. The van der Waals surface area contributed by atoms with Gasteiger partial charge in [0.05, 0.1) is 5.69 Å². The Labute approximate surface area is 204 Å². The second-order valence-corrected chi connectivity index (χ2v) is 7.85. The first-order valence-electron chi connectivity index (χ1n) is 10.8. The van der Waals surface area contributed by atoms with Gasteiger partial charge >= 0.3 is 6.18 Å². The highest BCUT2D eigenvalue weighted by Gasteiger charge is 2.33. The number of aryl methyl sites for hydroxylation is 1. The molecule has 4 aromatic rings. The van der Waals surface area contributed by atoms with Gasteiger partial charge in [-0.05, 0) is 72.1 Å².